The number of carbonyl (C=O) groups excluding carboxylic acids is 1. The molecule has 1 atom stereocenters. The van der Waals surface area contributed by atoms with Crippen LogP contribution in [0.15, 0.2) is 18.2 Å². The molecule has 1 aliphatic heterocycles. The Labute approximate surface area is 155 Å². The van der Waals surface area contributed by atoms with E-state index in [2.05, 4.69) is 23.2 Å². The Morgan fingerprint density at radius 3 is 2.64 bits per heavy atom. The summed E-state index contributed by atoms with van der Waals surface area (Å²) in [6.07, 6.45) is 0. The number of hydrogen-bond donors (Lipinski definition) is 2. The Kier molecular flexibility index (Phi) is 6.31. The summed E-state index contributed by atoms with van der Waals surface area (Å²) in [5.41, 5.74) is 1.58. The molecule has 0 bridgehead atoms. The molecule has 0 spiro atoms. The van der Waals surface area contributed by atoms with Gasteiger partial charge in [-0.1, -0.05) is 31.5 Å². The minimum atomic E-state index is -0.809. The zero-order valence-corrected chi connectivity index (χ0v) is 16.3. The first-order valence-electron chi connectivity index (χ1n) is 8.82. The third-order valence-corrected chi connectivity index (χ3v) is 5.41. The molecule has 6 heteroatoms. The lowest BCUT2D eigenvalue weighted by Gasteiger charge is -2.35. The van der Waals surface area contributed by atoms with Crippen molar-refractivity contribution < 1.29 is 9.69 Å². The highest BCUT2D eigenvalue weighted by Gasteiger charge is 2.32. The van der Waals surface area contributed by atoms with Crippen molar-refractivity contribution in [1.29, 1.82) is 5.26 Å². The standard InChI is InChI=1S/C19H27ClN4O/c1-14(2)19(4,13-21)22-18(25)12-23-7-9-24(10-8-23)17-11-16(20)6-5-15(17)3/h5-6,11,14H,7-10,12H2,1-4H3,(H,22,25)/p+1/t19-/m0/s1. The minimum Gasteiger partial charge on any atom is -0.360 e. The van der Waals surface area contributed by atoms with Crippen LogP contribution < -0.4 is 15.1 Å². The van der Waals surface area contributed by atoms with E-state index in [1.165, 1.54) is 16.2 Å². The number of amides is 1. The van der Waals surface area contributed by atoms with Crippen LogP contribution in [0.25, 0.3) is 0 Å². The maximum absolute atomic E-state index is 12.3. The molecule has 5 nitrogen and oxygen atoms in total. The van der Waals surface area contributed by atoms with Gasteiger partial charge in [-0.05, 0) is 37.5 Å². The van der Waals surface area contributed by atoms with Gasteiger partial charge in [-0.3, -0.25) is 4.79 Å². The largest absolute Gasteiger partial charge is 0.360 e. The zero-order chi connectivity index (χ0) is 18.6. The SMILES string of the molecule is Cc1ccc(Cl)cc1N1CC[NH+](CC(=O)N[C@@](C)(C#N)C(C)C)CC1. The van der Waals surface area contributed by atoms with Crippen molar-refractivity contribution in [2.45, 2.75) is 33.2 Å². The van der Waals surface area contributed by atoms with Gasteiger partial charge in [0, 0.05) is 10.7 Å². The minimum absolute atomic E-state index is 0.0554. The Balaban J connectivity index is 1.89. The van der Waals surface area contributed by atoms with Gasteiger partial charge >= 0.3 is 0 Å². The molecule has 1 aliphatic rings. The normalized spacial score (nSPS) is 17.9. The molecule has 1 amide bonds. The average Bonchev–Trinajstić information content (AvgIpc) is 2.57. The molecule has 0 aromatic heterocycles. The molecule has 25 heavy (non-hydrogen) atoms. The second-order valence-corrected chi connectivity index (χ2v) is 7.80. The van der Waals surface area contributed by atoms with Crippen LogP contribution in [0.2, 0.25) is 5.02 Å². The van der Waals surface area contributed by atoms with Crippen LogP contribution in [0.1, 0.15) is 26.3 Å². The first-order valence-corrected chi connectivity index (χ1v) is 9.20. The molecule has 1 fully saturated rings. The van der Waals surface area contributed by atoms with Gasteiger partial charge in [0.25, 0.3) is 5.91 Å². The number of nitriles is 1. The maximum atomic E-state index is 12.3. The lowest BCUT2D eigenvalue weighted by molar-refractivity contribution is -0.892. The average molecular weight is 364 g/mol. The van der Waals surface area contributed by atoms with E-state index >= 15 is 0 Å². The van der Waals surface area contributed by atoms with E-state index in [0.29, 0.717) is 6.54 Å². The van der Waals surface area contributed by atoms with Crippen LogP contribution in [-0.4, -0.2) is 44.2 Å². The molecule has 0 aliphatic carbocycles. The molecule has 1 aromatic rings. The van der Waals surface area contributed by atoms with Crippen molar-refractivity contribution in [1.82, 2.24) is 5.32 Å². The van der Waals surface area contributed by atoms with Gasteiger partial charge < -0.3 is 15.1 Å². The summed E-state index contributed by atoms with van der Waals surface area (Å²) in [4.78, 5) is 15.9. The van der Waals surface area contributed by atoms with Crippen molar-refractivity contribution in [3.05, 3.63) is 28.8 Å². The molecular formula is C19H28ClN4O+. The molecule has 1 saturated heterocycles. The molecule has 2 rings (SSSR count). The van der Waals surface area contributed by atoms with Gasteiger partial charge in [-0.15, -0.1) is 0 Å². The number of aryl methyl sites for hydroxylation is 1. The lowest BCUT2D eigenvalue weighted by atomic mass is 9.90. The van der Waals surface area contributed by atoms with E-state index in [-0.39, 0.29) is 11.8 Å². The number of anilines is 1. The molecule has 136 valence electrons. The Bertz CT molecular complexity index is 662. The topological polar surface area (TPSA) is 60.6 Å². The lowest BCUT2D eigenvalue weighted by Crippen LogP contribution is -3.16. The van der Waals surface area contributed by atoms with Crippen LogP contribution in [0.3, 0.4) is 0 Å². The zero-order valence-electron chi connectivity index (χ0n) is 15.5. The second kappa shape index (κ2) is 8.07. The van der Waals surface area contributed by atoms with E-state index in [1.54, 1.807) is 6.92 Å². The summed E-state index contributed by atoms with van der Waals surface area (Å²) in [5, 5.41) is 13.0. The van der Waals surface area contributed by atoms with Gasteiger partial charge in [0.15, 0.2) is 6.54 Å². The second-order valence-electron chi connectivity index (χ2n) is 7.36. The van der Waals surface area contributed by atoms with Crippen LogP contribution >= 0.6 is 11.6 Å². The van der Waals surface area contributed by atoms with Crippen molar-refractivity contribution in [3.63, 3.8) is 0 Å². The summed E-state index contributed by atoms with van der Waals surface area (Å²) in [6.45, 7) is 11.7. The summed E-state index contributed by atoms with van der Waals surface area (Å²) < 4.78 is 0. The number of benzene rings is 1. The fourth-order valence-electron chi connectivity index (χ4n) is 3.03. The third kappa shape index (κ3) is 4.87. The Morgan fingerprint density at radius 1 is 1.44 bits per heavy atom. The number of rotatable bonds is 5. The number of quaternary nitrogens is 1. The van der Waals surface area contributed by atoms with Crippen molar-refractivity contribution >= 4 is 23.2 Å². The summed E-state index contributed by atoms with van der Waals surface area (Å²) in [6, 6.07) is 8.18. The first kappa shape index (κ1) is 19.6. The number of nitrogens with one attached hydrogen (secondary N) is 2. The summed E-state index contributed by atoms with van der Waals surface area (Å²) in [7, 11) is 0. The van der Waals surface area contributed by atoms with Crippen molar-refractivity contribution in [2.24, 2.45) is 5.92 Å². The Morgan fingerprint density at radius 2 is 2.08 bits per heavy atom. The number of halogens is 1. The van der Waals surface area contributed by atoms with Gasteiger partial charge in [-0.2, -0.15) is 5.26 Å². The molecule has 0 radical (unpaired) electrons. The van der Waals surface area contributed by atoms with Gasteiger partial charge in [0.2, 0.25) is 0 Å². The summed E-state index contributed by atoms with van der Waals surface area (Å²) in [5.74, 6) is 0.0132. The van der Waals surface area contributed by atoms with Gasteiger partial charge in [0.05, 0.1) is 32.2 Å². The third-order valence-electron chi connectivity index (χ3n) is 5.18. The number of piperazine rings is 1. The van der Waals surface area contributed by atoms with E-state index in [9.17, 15) is 10.1 Å². The van der Waals surface area contributed by atoms with Crippen LogP contribution in [0, 0.1) is 24.2 Å². The highest BCUT2D eigenvalue weighted by atomic mass is 35.5. The molecule has 0 unspecified atom stereocenters. The summed E-state index contributed by atoms with van der Waals surface area (Å²) >= 11 is 6.12. The predicted molar refractivity (Wildman–Crippen MR) is 101 cm³/mol. The highest BCUT2D eigenvalue weighted by molar-refractivity contribution is 6.30. The van der Waals surface area contributed by atoms with E-state index in [1.807, 2.05) is 32.0 Å². The van der Waals surface area contributed by atoms with Gasteiger partial charge in [0.1, 0.15) is 5.54 Å². The molecule has 1 aromatic carbocycles. The van der Waals surface area contributed by atoms with Crippen molar-refractivity contribution in [3.8, 4) is 6.07 Å². The maximum Gasteiger partial charge on any atom is 0.276 e. The quantitative estimate of drug-likeness (QED) is 0.831. The fourth-order valence-corrected chi connectivity index (χ4v) is 3.19. The van der Waals surface area contributed by atoms with E-state index in [4.69, 9.17) is 11.6 Å². The van der Waals surface area contributed by atoms with Crippen LogP contribution in [-0.2, 0) is 4.79 Å². The van der Waals surface area contributed by atoms with Crippen LogP contribution in [0.5, 0.6) is 0 Å². The predicted octanol–water partition coefficient (Wildman–Crippen LogP) is 1.41. The molecule has 2 N–H and O–H groups in total. The van der Waals surface area contributed by atoms with E-state index < -0.39 is 5.54 Å². The monoisotopic (exact) mass is 363 g/mol. The Hall–Kier alpha value is -1.77. The fraction of sp³-hybridized carbons (Fsp3) is 0.579. The molecule has 0 saturated carbocycles. The number of nitrogens with zero attached hydrogens (tertiary/aromatic N) is 2. The van der Waals surface area contributed by atoms with Crippen molar-refractivity contribution in [2.75, 3.05) is 37.6 Å². The number of carbonyl (C=O) groups is 1. The number of hydrogen-bond acceptors (Lipinski definition) is 3. The molecular weight excluding hydrogens is 336 g/mol. The van der Waals surface area contributed by atoms with Gasteiger partial charge in [-0.25, -0.2) is 0 Å². The smallest absolute Gasteiger partial charge is 0.276 e. The highest BCUT2D eigenvalue weighted by Crippen LogP contribution is 2.24. The van der Waals surface area contributed by atoms with Crippen LogP contribution in [0.4, 0.5) is 5.69 Å². The first-order chi connectivity index (χ1) is 11.7. The van der Waals surface area contributed by atoms with E-state index in [0.717, 1.165) is 31.2 Å². The molecule has 1 heterocycles.